The summed E-state index contributed by atoms with van der Waals surface area (Å²) in [4.78, 5) is 12.0. The molecule has 0 spiro atoms. The molecular weight excluding hydrogens is 280 g/mol. The van der Waals surface area contributed by atoms with Crippen molar-refractivity contribution >= 4 is 5.97 Å². The minimum Gasteiger partial charge on any atom is -0.493 e. The molecule has 0 saturated heterocycles. The molecule has 4 heteroatoms. The van der Waals surface area contributed by atoms with Crippen LogP contribution in [0.3, 0.4) is 0 Å². The van der Waals surface area contributed by atoms with Gasteiger partial charge in [0.1, 0.15) is 17.1 Å². The van der Waals surface area contributed by atoms with Crippen LogP contribution in [-0.4, -0.2) is 26.3 Å². The Kier molecular flexibility index (Phi) is 8.41. The predicted molar refractivity (Wildman–Crippen MR) is 88.0 cm³/mol. The van der Waals surface area contributed by atoms with E-state index < -0.39 is 0 Å². The van der Waals surface area contributed by atoms with Crippen LogP contribution in [0.25, 0.3) is 0 Å². The van der Waals surface area contributed by atoms with Gasteiger partial charge in [-0.1, -0.05) is 33.6 Å². The zero-order valence-corrected chi connectivity index (χ0v) is 14.2. The number of esters is 1. The van der Waals surface area contributed by atoms with Crippen LogP contribution >= 0.6 is 0 Å². The van der Waals surface area contributed by atoms with Crippen molar-refractivity contribution in [1.29, 1.82) is 0 Å². The van der Waals surface area contributed by atoms with E-state index in [-0.39, 0.29) is 5.97 Å². The Labute approximate surface area is 133 Å². The molecule has 0 N–H and O–H groups in total. The van der Waals surface area contributed by atoms with Crippen LogP contribution in [-0.2, 0) is 11.2 Å². The topological polar surface area (TPSA) is 44.8 Å². The maximum absolute atomic E-state index is 12.0. The summed E-state index contributed by atoms with van der Waals surface area (Å²) in [6.07, 6.45) is 4.87. The second-order valence-corrected chi connectivity index (χ2v) is 5.21. The second-order valence-electron chi connectivity index (χ2n) is 5.21. The number of hydrogen-bond donors (Lipinski definition) is 0. The first-order chi connectivity index (χ1) is 10.7. The molecule has 0 unspecified atom stereocenters. The SMILES string of the molecule is CCCCOc1cc(OCCCC)c(C(=O)OC)cc1CC. The molecule has 0 atom stereocenters. The van der Waals surface area contributed by atoms with Crippen molar-refractivity contribution in [2.24, 2.45) is 0 Å². The highest BCUT2D eigenvalue weighted by Crippen LogP contribution is 2.31. The Morgan fingerprint density at radius 2 is 1.55 bits per heavy atom. The van der Waals surface area contributed by atoms with Gasteiger partial charge in [0, 0.05) is 6.07 Å². The number of carbonyl (C=O) groups excluding carboxylic acids is 1. The van der Waals surface area contributed by atoms with E-state index in [1.54, 1.807) is 0 Å². The maximum Gasteiger partial charge on any atom is 0.341 e. The van der Waals surface area contributed by atoms with Crippen molar-refractivity contribution in [2.45, 2.75) is 52.9 Å². The number of aryl methyl sites for hydroxylation is 1. The maximum atomic E-state index is 12.0. The Morgan fingerprint density at radius 1 is 0.955 bits per heavy atom. The van der Waals surface area contributed by atoms with Crippen molar-refractivity contribution in [2.75, 3.05) is 20.3 Å². The lowest BCUT2D eigenvalue weighted by Crippen LogP contribution is -2.09. The molecule has 0 amide bonds. The first kappa shape index (κ1) is 18.3. The standard InChI is InChI=1S/C18H28O4/c1-5-8-10-21-16-13-17(22-11-9-6-2)15(18(19)20-4)12-14(16)7-3/h12-13H,5-11H2,1-4H3. The summed E-state index contributed by atoms with van der Waals surface area (Å²) in [5.41, 5.74) is 1.47. The molecule has 0 heterocycles. The van der Waals surface area contributed by atoms with Gasteiger partial charge in [0.2, 0.25) is 0 Å². The van der Waals surface area contributed by atoms with E-state index in [2.05, 4.69) is 13.8 Å². The quantitative estimate of drug-likeness (QED) is 0.475. The lowest BCUT2D eigenvalue weighted by Gasteiger charge is -2.16. The van der Waals surface area contributed by atoms with E-state index in [0.717, 1.165) is 43.4 Å². The lowest BCUT2D eigenvalue weighted by atomic mass is 10.1. The second kappa shape index (κ2) is 10.1. The van der Waals surface area contributed by atoms with Crippen molar-refractivity contribution in [3.8, 4) is 11.5 Å². The fraction of sp³-hybridized carbons (Fsp3) is 0.611. The van der Waals surface area contributed by atoms with E-state index in [1.165, 1.54) is 7.11 Å². The van der Waals surface area contributed by atoms with Crippen LogP contribution in [0.5, 0.6) is 11.5 Å². The van der Waals surface area contributed by atoms with Crippen LogP contribution in [0, 0.1) is 0 Å². The highest BCUT2D eigenvalue weighted by atomic mass is 16.5. The van der Waals surface area contributed by atoms with Gasteiger partial charge < -0.3 is 14.2 Å². The van der Waals surface area contributed by atoms with E-state index in [9.17, 15) is 4.79 Å². The lowest BCUT2D eigenvalue weighted by molar-refractivity contribution is 0.0595. The van der Waals surface area contributed by atoms with Gasteiger partial charge in [-0.3, -0.25) is 0 Å². The molecule has 0 aliphatic carbocycles. The average molecular weight is 308 g/mol. The van der Waals surface area contributed by atoms with Crippen LogP contribution in [0.15, 0.2) is 12.1 Å². The molecule has 1 rings (SSSR count). The molecule has 124 valence electrons. The van der Waals surface area contributed by atoms with Crippen LogP contribution < -0.4 is 9.47 Å². The molecule has 0 aliphatic rings. The monoisotopic (exact) mass is 308 g/mol. The zero-order chi connectivity index (χ0) is 16.4. The Morgan fingerprint density at radius 3 is 2.05 bits per heavy atom. The summed E-state index contributed by atoms with van der Waals surface area (Å²) < 4.78 is 16.5. The van der Waals surface area contributed by atoms with E-state index in [1.807, 2.05) is 19.1 Å². The molecule has 0 aliphatic heterocycles. The number of ether oxygens (including phenoxy) is 3. The summed E-state index contributed by atoms with van der Waals surface area (Å²) in [6.45, 7) is 7.53. The number of unbranched alkanes of at least 4 members (excludes halogenated alkanes) is 2. The molecule has 4 nitrogen and oxygen atoms in total. The van der Waals surface area contributed by atoms with Crippen LogP contribution in [0.4, 0.5) is 0 Å². The largest absolute Gasteiger partial charge is 0.493 e. The summed E-state index contributed by atoms with van der Waals surface area (Å²) in [5, 5.41) is 0. The van der Waals surface area contributed by atoms with E-state index >= 15 is 0 Å². The Hall–Kier alpha value is -1.71. The fourth-order valence-electron chi connectivity index (χ4n) is 2.06. The van der Waals surface area contributed by atoms with Crippen molar-refractivity contribution < 1.29 is 19.0 Å². The molecule has 0 radical (unpaired) electrons. The fourth-order valence-corrected chi connectivity index (χ4v) is 2.06. The van der Waals surface area contributed by atoms with Gasteiger partial charge in [0.15, 0.2) is 0 Å². The molecule has 0 bridgehead atoms. The van der Waals surface area contributed by atoms with Gasteiger partial charge in [-0.05, 0) is 30.9 Å². The van der Waals surface area contributed by atoms with Crippen molar-refractivity contribution in [1.82, 2.24) is 0 Å². The van der Waals surface area contributed by atoms with Gasteiger partial charge >= 0.3 is 5.97 Å². The molecular formula is C18H28O4. The third kappa shape index (κ3) is 5.24. The minimum atomic E-state index is -0.374. The summed E-state index contributed by atoms with van der Waals surface area (Å²) in [6, 6.07) is 3.66. The van der Waals surface area contributed by atoms with Crippen molar-refractivity contribution in [3.63, 3.8) is 0 Å². The predicted octanol–water partition coefficient (Wildman–Crippen LogP) is 4.39. The average Bonchev–Trinajstić information content (AvgIpc) is 2.54. The Balaban J connectivity index is 3.06. The molecule has 0 saturated carbocycles. The normalized spacial score (nSPS) is 10.4. The smallest absolute Gasteiger partial charge is 0.341 e. The molecule has 0 fully saturated rings. The molecule has 1 aromatic carbocycles. The molecule has 22 heavy (non-hydrogen) atoms. The van der Waals surface area contributed by atoms with Crippen LogP contribution in [0.2, 0.25) is 0 Å². The van der Waals surface area contributed by atoms with E-state index in [0.29, 0.717) is 24.5 Å². The van der Waals surface area contributed by atoms with E-state index in [4.69, 9.17) is 14.2 Å². The van der Waals surface area contributed by atoms with Crippen LogP contribution in [0.1, 0.15) is 62.4 Å². The van der Waals surface area contributed by atoms with Gasteiger partial charge in [-0.15, -0.1) is 0 Å². The third-order valence-corrected chi connectivity index (χ3v) is 3.46. The summed E-state index contributed by atoms with van der Waals surface area (Å²) in [7, 11) is 1.38. The van der Waals surface area contributed by atoms with Gasteiger partial charge in [0.25, 0.3) is 0 Å². The third-order valence-electron chi connectivity index (χ3n) is 3.46. The molecule has 0 aromatic heterocycles. The Bertz CT molecular complexity index is 468. The summed E-state index contributed by atoms with van der Waals surface area (Å²) >= 11 is 0. The van der Waals surface area contributed by atoms with Gasteiger partial charge in [0.05, 0.1) is 20.3 Å². The van der Waals surface area contributed by atoms with Gasteiger partial charge in [-0.2, -0.15) is 0 Å². The molecule has 1 aromatic rings. The highest BCUT2D eigenvalue weighted by Gasteiger charge is 2.17. The first-order valence-corrected chi connectivity index (χ1v) is 8.18. The number of hydrogen-bond acceptors (Lipinski definition) is 4. The summed E-state index contributed by atoms with van der Waals surface area (Å²) in [5.74, 6) is 0.973. The number of rotatable bonds is 10. The first-order valence-electron chi connectivity index (χ1n) is 8.18. The number of carbonyl (C=O) groups is 1. The minimum absolute atomic E-state index is 0.374. The zero-order valence-electron chi connectivity index (χ0n) is 14.2. The highest BCUT2D eigenvalue weighted by molar-refractivity contribution is 5.93. The van der Waals surface area contributed by atoms with Gasteiger partial charge in [-0.25, -0.2) is 4.79 Å². The number of benzene rings is 1. The van der Waals surface area contributed by atoms with Crippen molar-refractivity contribution in [3.05, 3.63) is 23.3 Å². The number of methoxy groups -OCH3 is 1.